The Labute approximate surface area is 197 Å². The highest BCUT2D eigenvalue weighted by Gasteiger charge is 2.19. The third-order valence-corrected chi connectivity index (χ3v) is 5.66. The van der Waals surface area contributed by atoms with Crippen molar-refractivity contribution in [3.05, 3.63) is 76.4 Å². The Bertz CT molecular complexity index is 1120. The predicted octanol–water partition coefficient (Wildman–Crippen LogP) is 3.21. The van der Waals surface area contributed by atoms with Crippen molar-refractivity contribution in [1.29, 1.82) is 0 Å². The second-order valence-corrected chi connectivity index (χ2v) is 8.32. The van der Waals surface area contributed by atoms with Crippen molar-refractivity contribution < 1.29 is 14.3 Å². The summed E-state index contributed by atoms with van der Waals surface area (Å²) in [6.45, 7) is 2.69. The molecule has 8 nitrogen and oxygen atoms in total. The molecule has 0 spiro atoms. The Balaban J connectivity index is 1.29. The number of anilines is 1. The first-order valence-corrected chi connectivity index (χ1v) is 11.2. The number of hydrogen-bond donors (Lipinski definition) is 2. The van der Waals surface area contributed by atoms with Crippen LogP contribution in [-0.2, 0) is 6.54 Å². The Hall–Kier alpha value is -3.52. The molecule has 2 amide bonds. The maximum Gasteiger partial charge on any atom is 0.256 e. The number of nitrogen functional groups attached to an aromatic ring is 1. The summed E-state index contributed by atoms with van der Waals surface area (Å²) in [5.41, 5.74) is 7.89. The fourth-order valence-corrected chi connectivity index (χ4v) is 3.90. The van der Waals surface area contributed by atoms with E-state index in [0.717, 1.165) is 31.5 Å². The maximum atomic E-state index is 12.5. The van der Waals surface area contributed by atoms with Crippen molar-refractivity contribution >= 4 is 29.2 Å². The van der Waals surface area contributed by atoms with Gasteiger partial charge < -0.3 is 20.7 Å². The van der Waals surface area contributed by atoms with Crippen molar-refractivity contribution in [2.75, 3.05) is 32.0 Å². The zero-order valence-corrected chi connectivity index (χ0v) is 18.9. The average molecular weight is 468 g/mol. The zero-order chi connectivity index (χ0) is 23.2. The van der Waals surface area contributed by atoms with E-state index in [2.05, 4.69) is 10.4 Å². The lowest BCUT2D eigenvalue weighted by atomic mass is 10.1. The van der Waals surface area contributed by atoms with Gasteiger partial charge in [-0.3, -0.25) is 14.3 Å². The molecule has 0 aliphatic carbocycles. The third kappa shape index (κ3) is 5.84. The van der Waals surface area contributed by atoms with Crippen LogP contribution in [0.2, 0.25) is 5.02 Å². The first kappa shape index (κ1) is 22.7. The minimum absolute atomic E-state index is 0.0701. The summed E-state index contributed by atoms with van der Waals surface area (Å²) in [7, 11) is 0. The van der Waals surface area contributed by atoms with Gasteiger partial charge in [0.15, 0.2) is 5.82 Å². The van der Waals surface area contributed by atoms with Crippen molar-refractivity contribution in [3.8, 4) is 5.75 Å². The zero-order valence-electron chi connectivity index (χ0n) is 18.2. The van der Waals surface area contributed by atoms with E-state index in [1.807, 2.05) is 29.2 Å². The maximum absolute atomic E-state index is 12.5. The van der Waals surface area contributed by atoms with Crippen molar-refractivity contribution in [1.82, 2.24) is 20.0 Å². The van der Waals surface area contributed by atoms with Crippen LogP contribution in [0.15, 0.2) is 54.7 Å². The van der Waals surface area contributed by atoms with Gasteiger partial charge in [-0.05, 0) is 48.7 Å². The number of benzene rings is 2. The van der Waals surface area contributed by atoms with Gasteiger partial charge in [0.25, 0.3) is 11.8 Å². The molecular formula is C24H26ClN5O3. The highest BCUT2D eigenvalue weighted by molar-refractivity contribution is 6.30. The van der Waals surface area contributed by atoms with Crippen LogP contribution < -0.4 is 15.8 Å². The number of ether oxygens (including phenoxy) is 1. The van der Waals surface area contributed by atoms with Crippen molar-refractivity contribution in [3.63, 3.8) is 0 Å². The number of carbonyl (C=O) groups is 2. The quantitative estimate of drug-likeness (QED) is 0.495. The van der Waals surface area contributed by atoms with Gasteiger partial charge in [-0.2, -0.15) is 5.10 Å². The lowest BCUT2D eigenvalue weighted by Gasteiger charge is -2.15. The number of halogens is 1. The summed E-state index contributed by atoms with van der Waals surface area (Å²) in [4.78, 5) is 26.8. The Morgan fingerprint density at radius 2 is 1.88 bits per heavy atom. The minimum Gasteiger partial charge on any atom is -0.492 e. The molecule has 0 bridgehead atoms. The number of nitrogens with zero attached hydrogens (tertiary/aromatic N) is 3. The van der Waals surface area contributed by atoms with E-state index >= 15 is 0 Å². The van der Waals surface area contributed by atoms with E-state index in [0.29, 0.717) is 41.6 Å². The van der Waals surface area contributed by atoms with Crippen LogP contribution >= 0.6 is 11.6 Å². The molecule has 9 heteroatoms. The summed E-state index contributed by atoms with van der Waals surface area (Å²) < 4.78 is 7.18. The molecule has 3 aromatic rings. The molecule has 33 heavy (non-hydrogen) atoms. The number of aromatic nitrogens is 2. The fourth-order valence-electron chi connectivity index (χ4n) is 3.72. The molecule has 1 aliphatic heterocycles. The molecule has 1 aliphatic rings. The van der Waals surface area contributed by atoms with Gasteiger partial charge in [0, 0.05) is 29.9 Å². The topological polar surface area (TPSA) is 102 Å². The molecule has 4 rings (SSSR count). The van der Waals surface area contributed by atoms with Crippen LogP contribution in [-0.4, -0.2) is 52.7 Å². The third-order valence-electron chi connectivity index (χ3n) is 5.43. The monoisotopic (exact) mass is 467 g/mol. The van der Waals surface area contributed by atoms with Gasteiger partial charge in [-0.1, -0.05) is 29.8 Å². The summed E-state index contributed by atoms with van der Waals surface area (Å²) in [6.07, 6.45) is 3.75. The summed E-state index contributed by atoms with van der Waals surface area (Å²) >= 11 is 5.92. The van der Waals surface area contributed by atoms with Crippen LogP contribution in [0, 0.1) is 0 Å². The smallest absolute Gasteiger partial charge is 0.256 e. The van der Waals surface area contributed by atoms with Gasteiger partial charge >= 0.3 is 0 Å². The number of rotatable bonds is 8. The number of amides is 2. The first-order chi connectivity index (χ1) is 16.0. The molecule has 172 valence electrons. The van der Waals surface area contributed by atoms with E-state index in [4.69, 9.17) is 22.1 Å². The number of likely N-dealkylation sites (tertiary alicyclic amines) is 1. The number of carbonyl (C=O) groups excluding carboxylic acids is 2. The molecule has 0 radical (unpaired) electrons. The van der Waals surface area contributed by atoms with Gasteiger partial charge in [-0.15, -0.1) is 0 Å². The molecule has 2 heterocycles. The number of hydrogen-bond acceptors (Lipinski definition) is 5. The van der Waals surface area contributed by atoms with Crippen LogP contribution in [0.25, 0.3) is 0 Å². The Morgan fingerprint density at radius 1 is 1.12 bits per heavy atom. The molecule has 2 aromatic carbocycles. The molecule has 0 saturated carbocycles. The number of nitrogens with two attached hydrogens (primary N) is 1. The largest absolute Gasteiger partial charge is 0.492 e. The van der Waals surface area contributed by atoms with Crippen molar-refractivity contribution in [2.24, 2.45) is 0 Å². The summed E-state index contributed by atoms with van der Waals surface area (Å²) in [5.74, 6) is 0.544. The number of nitrogens with one attached hydrogen (secondary N) is 1. The molecule has 3 N–H and O–H groups in total. The Morgan fingerprint density at radius 3 is 2.61 bits per heavy atom. The standard InChI is InChI=1S/C24H26ClN5O3/c25-19-4-3-5-20(14-19)33-13-10-27-23(31)21-16-30(28-22(21)26)15-17-6-8-18(9-7-17)24(32)29-11-1-2-12-29/h3-9,14,16H,1-2,10-13,15H2,(H2,26,28)(H,27,31). The van der Waals surface area contributed by atoms with E-state index in [9.17, 15) is 9.59 Å². The van der Waals surface area contributed by atoms with Crippen LogP contribution in [0.1, 0.15) is 39.1 Å². The minimum atomic E-state index is -0.319. The van der Waals surface area contributed by atoms with Gasteiger partial charge in [0.05, 0.1) is 13.1 Å². The molecule has 1 saturated heterocycles. The highest BCUT2D eigenvalue weighted by Crippen LogP contribution is 2.17. The van der Waals surface area contributed by atoms with Gasteiger partial charge in [-0.25, -0.2) is 0 Å². The van der Waals surface area contributed by atoms with E-state index in [1.54, 1.807) is 35.1 Å². The van der Waals surface area contributed by atoms with Gasteiger partial charge in [0.1, 0.15) is 17.9 Å². The SMILES string of the molecule is Nc1nn(Cc2ccc(C(=O)N3CCCC3)cc2)cc1C(=O)NCCOc1cccc(Cl)c1. The predicted molar refractivity (Wildman–Crippen MR) is 127 cm³/mol. The average Bonchev–Trinajstić information content (AvgIpc) is 3.47. The van der Waals surface area contributed by atoms with Crippen LogP contribution in [0.5, 0.6) is 5.75 Å². The second kappa shape index (κ2) is 10.4. The molecule has 0 unspecified atom stereocenters. The highest BCUT2D eigenvalue weighted by atomic mass is 35.5. The fraction of sp³-hybridized carbons (Fsp3) is 0.292. The van der Waals surface area contributed by atoms with E-state index in [-0.39, 0.29) is 17.6 Å². The summed E-state index contributed by atoms with van der Waals surface area (Å²) in [6, 6.07) is 14.5. The van der Waals surface area contributed by atoms with E-state index in [1.165, 1.54) is 0 Å². The molecule has 1 aromatic heterocycles. The normalized spacial score (nSPS) is 13.2. The van der Waals surface area contributed by atoms with Gasteiger partial charge in [0.2, 0.25) is 0 Å². The Kier molecular flexibility index (Phi) is 7.14. The molecular weight excluding hydrogens is 442 g/mol. The molecule has 1 fully saturated rings. The lowest BCUT2D eigenvalue weighted by molar-refractivity contribution is 0.0792. The summed E-state index contributed by atoms with van der Waals surface area (Å²) in [5, 5.41) is 7.61. The van der Waals surface area contributed by atoms with Crippen LogP contribution in [0.4, 0.5) is 5.82 Å². The second-order valence-electron chi connectivity index (χ2n) is 7.88. The van der Waals surface area contributed by atoms with Crippen LogP contribution in [0.3, 0.4) is 0 Å². The first-order valence-electron chi connectivity index (χ1n) is 10.9. The lowest BCUT2D eigenvalue weighted by Crippen LogP contribution is -2.28. The van der Waals surface area contributed by atoms with Crippen molar-refractivity contribution in [2.45, 2.75) is 19.4 Å². The van der Waals surface area contributed by atoms with E-state index < -0.39 is 0 Å². The molecule has 0 atom stereocenters.